The summed E-state index contributed by atoms with van der Waals surface area (Å²) in [5.74, 6) is 0. The van der Waals surface area contributed by atoms with E-state index in [1.165, 1.54) is 50.2 Å². The molecule has 0 aromatic carbocycles. The van der Waals surface area contributed by atoms with E-state index in [1.807, 2.05) is 43.4 Å². The van der Waals surface area contributed by atoms with Gasteiger partial charge >= 0.3 is 6.09 Å². The van der Waals surface area contributed by atoms with Crippen LogP contribution in [0, 0.1) is 13.8 Å². The molecule has 4 aromatic heterocycles. The first-order valence-corrected chi connectivity index (χ1v) is 13.8. The Morgan fingerprint density at radius 2 is 1.56 bits per heavy atom. The number of hydrogen-bond acceptors (Lipinski definition) is 5. The van der Waals surface area contributed by atoms with Gasteiger partial charge in [-0.15, -0.1) is 45.3 Å². The zero-order chi connectivity index (χ0) is 23.0. The largest absolute Gasteiger partial charge is 0.465 e. The molecule has 0 aliphatic heterocycles. The number of thiophene rings is 4. The molecule has 0 aliphatic carbocycles. The summed E-state index contributed by atoms with van der Waals surface area (Å²) < 4.78 is 0. The van der Waals surface area contributed by atoms with Crippen LogP contribution in [0.1, 0.15) is 36.8 Å². The van der Waals surface area contributed by atoms with Gasteiger partial charge in [0.1, 0.15) is 0 Å². The van der Waals surface area contributed by atoms with E-state index in [4.69, 9.17) is 0 Å². The molecule has 0 bridgehead atoms. The average molecular weight is 502 g/mol. The van der Waals surface area contributed by atoms with Gasteiger partial charge in [-0.2, -0.15) is 0 Å². The van der Waals surface area contributed by atoms with Crippen molar-refractivity contribution < 1.29 is 9.90 Å². The molecule has 0 saturated carbocycles. The summed E-state index contributed by atoms with van der Waals surface area (Å²) in [4.78, 5) is 22.2. The van der Waals surface area contributed by atoms with E-state index in [-0.39, 0.29) is 0 Å². The molecule has 168 valence electrons. The molecule has 0 aliphatic rings. The van der Waals surface area contributed by atoms with Crippen LogP contribution in [0.5, 0.6) is 0 Å². The predicted octanol–water partition coefficient (Wildman–Crippen LogP) is 8.87. The molecule has 1 amide bonds. The molecular weight excluding hydrogens is 475 g/mol. The minimum Gasteiger partial charge on any atom is -0.465 e. The zero-order valence-electron chi connectivity index (χ0n) is 18.9. The number of nitrogens with zero attached hydrogens (tertiary/aromatic N) is 1. The maximum atomic E-state index is 11.6. The van der Waals surface area contributed by atoms with Crippen molar-refractivity contribution in [3.05, 3.63) is 57.8 Å². The quantitative estimate of drug-likeness (QED) is 0.286. The van der Waals surface area contributed by atoms with Gasteiger partial charge in [-0.05, 0) is 93.9 Å². The SMILES string of the molecule is Cc1ccsc1-c1ccc(-c2sc(-c3ccc(CCN(C(=O)O)C(C)(C)C)s3)cc2C)s1. The van der Waals surface area contributed by atoms with Crippen molar-refractivity contribution >= 4 is 51.4 Å². The van der Waals surface area contributed by atoms with E-state index >= 15 is 0 Å². The number of rotatable bonds is 6. The van der Waals surface area contributed by atoms with Crippen molar-refractivity contribution in [2.45, 2.75) is 46.6 Å². The van der Waals surface area contributed by atoms with E-state index in [0.29, 0.717) is 6.54 Å². The molecule has 0 spiro atoms. The van der Waals surface area contributed by atoms with Crippen LogP contribution in [-0.2, 0) is 6.42 Å². The van der Waals surface area contributed by atoms with E-state index in [9.17, 15) is 9.90 Å². The second kappa shape index (κ2) is 9.14. The fourth-order valence-electron chi connectivity index (χ4n) is 3.64. The van der Waals surface area contributed by atoms with Crippen LogP contribution in [0.2, 0.25) is 0 Å². The van der Waals surface area contributed by atoms with Crippen LogP contribution in [0.25, 0.3) is 29.3 Å². The summed E-state index contributed by atoms with van der Waals surface area (Å²) in [6.07, 6.45) is -0.124. The van der Waals surface area contributed by atoms with Crippen molar-refractivity contribution in [2.75, 3.05) is 6.54 Å². The van der Waals surface area contributed by atoms with Gasteiger partial charge in [-0.3, -0.25) is 0 Å². The molecule has 0 atom stereocenters. The number of hydrogen-bond donors (Lipinski definition) is 1. The molecule has 0 unspecified atom stereocenters. The van der Waals surface area contributed by atoms with Crippen LogP contribution in [0.3, 0.4) is 0 Å². The standard InChI is InChI=1S/C25H27NO2S4/c1-15-11-13-29-22(15)19-8-9-20(31-19)23-16(2)14-21(32-23)18-7-6-17(30-18)10-12-26(24(27)28)25(3,4)5/h6-9,11,13-14H,10,12H2,1-5H3,(H,27,28). The van der Waals surface area contributed by atoms with Gasteiger partial charge in [0.05, 0.1) is 0 Å². The van der Waals surface area contributed by atoms with Crippen LogP contribution >= 0.6 is 45.3 Å². The Hall–Kier alpha value is -1.93. The number of carboxylic acid groups (broad SMARTS) is 1. The number of amides is 1. The Morgan fingerprint density at radius 3 is 2.19 bits per heavy atom. The van der Waals surface area contributed by atoms with Gasteiger partial charge < -0.3 is 10.0 Å². The molecule has 32 heavy (non-hydrogen) atoms. The third-order valence-electron chi connectivity index (χ3n) is 5.36. The highest BCUT2D eigenvalue weighted by Crippen LogP contribution is 2.45. The summed E-state index contributed by atoms with van der Waals surface area (Å²) in [5.41, 5.74) is 2.25. The number of carbonyl (C=O) groups is 1. The highest BCUT2D eigenvalue weighted by molar-refractivity contribution is 7.28. The summed E-state index contributed by atoms with van der Waals surface area (Å²) >= 11 is 7.29. The van der Waals surface area contributed by atoms with Gasteiger partial charge in [-0.1, -0.05) is 0 Å². The zero-order valence-corrected chi connectivity index (χ0v) is 22.2. The summed E-state index contributed by atoms with van der Waals surface area (Å²) in [7, 11) is 0. The lowest BCUT2D eigenvalue weighted by atomic mass is 10.1. The topological polar surface area (TPSA) is 40.5 Å². The Balaban J connectivity index is 1.52. The molecule has 0 fully saturated rings. The van der Waals surface area contributed by atoms with Crippen LogP contribution in [0.15, 0.2) is 41.8 Å². The number of aryl methyl sites for hydroxylation is 2. The van der Waals surface area contributed by atoms with E-state index < -0.39 is 11.6 Å². The minimum absolute atomic E-state index is 0.396. The third-order valence-corrected chi connectivity index (χ3v) is 10.4. The van der Waals surface area contributed by atoms with Crippen molar-refractivity contribution in [1.29, 1.82) is 0 Å². The average Bonchev–Trinajstić information content (AvgIpc) is 3.46. The lowest BCUT2D eigenvalue weighted by molar-refractivity contribution is 0.101. The van der Waals surface area contributed by atoms with Crippen molar-refractivity contribution in [3.63, 3.8) is 0 Å². The van der Waals surface area contributed by atoms with Crippen molar-refractivity contribution in [1.82, 2.24) is 4.90 Å². The Kier molecular flexibility index (Phi) is 6.63. The lowest BCUT2D eigenvalue weighted by Gasteiger charge is -2.33. The molecule has 4 rings (SSSR count). The molecule has 1 N–H and O–H groups in total. The Labute approximate surface area is 205 Å². The fourth-order valence-corrected chi connectivity index (χ4v) is 8.19. The molecule has 0 radical (unpaired) electrons. The summed E-state index contributed by atoms with van der Waals surface area (Å²) in [6, 6.07) is 13.3. The smallest absolute Gasteiger partial charge is 0.407 e. The second-order valence-corrected chi connectivity index (χ2v) is 13.1. The first-order chi connectivity index (χ1) is 15.1. The Bertz CT molecular complexity index is 1230. The predicted molar refractivity (Wildman–Crippen MR) is 142 cm³/mol. The monoisotopic (exact) mass is 501 g/mol. The van der Waals surface area contributed by atoms with E-state index in [2.05, 4.69) is 55.6 Å². The van der Waals surface area contributed by atoms with Gasteiger partial charge in [0, 0.05) is 46.2 Å². The molecule has 4 heterocycles. The van der Waals surface area contributed by atoms with E-state index in [1.54, 1.807) is 22.7 Å². The third kappa shape index (κ3) is 4.86. The maximum absolute atomic E-state index is 11.6. The van der Waals surface area contributed by atoms with Gasteiger partial charge in [0.15, 0.2) is 0 Å². The molecule has 3 nitrogen and oxygen atoms in total. The van der Waals surface area contributed by atoms with E-state index in [0.717, 1.165) is 6.42 Å². The highest BCUT2D eigenvalue weighted by Gasteiger charge is 2.25. The molecular formula is C25H27NO2S4. The van der Waals surface area contributed by atoms with Crippen LogP contribution in [-0.4, -0.2) is 28.2 Å². The normalized spacial score (nSPS) is 11.8. The van der Waals surface area contributed by atoms with Crippen LogP contribution < -0.4 is 0 Å². The van der Waals surface area contributed by atoms with Crippen molar-refractivity contribution in [3.8, 4) is 29.3 Å². The molecule has 4 aromatic rings. The first kappa shape index (κ1) is 23.2. The maximum Gasteiger partial charge on any atom is 0.407 e. The fraction of sp³-hybridized carbons (Fsp3) is 0.320. The lowest BCUT2D eigenvalue weighted by Crippen LogP contribution is -2.45. The molecule has 7 heteroatoms. The van der Waals surface area contributed by atoms with Gasteiger partial charge in [0.25, 0.3) is 0 Å². The van der Waals surface area contributed by atoms with Gasteiger partial charge in [-0.25, -0.2) is 4.79 Å². The highest BCUT2D eigenvalue weighted by atomic mass is 32.1. The van der Waals surface area contributed by atoms with Crippen molar-refractivity contribution in [2.24, 2.45) is 0 Å². The second-order valence-electron chi connectivity index (χ2n) is 8.84. The Morgan fingerprint density at radius 1 is 0.875 bits per heavy atom. The first-order valence-electron chi connectivity index (χ1n) is 10.5. The minimum atomic E-state index is -0.860. The van der Waals surface area contributed by atoms with Crippen LogP contribution in [0.4, 0.5) is 4.79 Å². The van der Waals surface area contributed by atoms with Gasteiger partial charge in [0.2, 0.25) is 0 Å². The summed E-state index contributed by atoms with van der Waals surface area (Å²) in [5, 5.41) is 11.7. The summed E-state index contributed by atoms with van der Waals surface area (Å²) in [6.45, 7) is 10.7. The molecule has 0 saturated heterocycles.